The Bertz CT molecular complexity index is 200. The molecule has 0 rings (SSSR count). The van der Waals surface area contributed by atoms with Crippen LogP contribution in [-0.4, -0.2) is 82.2 Å². The first kappa shape index (κ1) is 19.3. The maximum absolute atomic E-state index is 6.35. The van der Waals surface area contributed by atoms with Crippen LogP contribution in [0.2, 0.25) is 0 Å². The van der Waals surface area contributed by atoms with Crippen LogP contribution in [0.25, 0.3) is 0 Å². The molecule has 0 aliphatic rings. The van der Waals surface area contributed by atoms with E-state index in [0.29, 0.717) is 49.9 Å². The van der Waals surface area contributed by atoms with Crippen LogP contribution in [0.15, 0.2) is 0 Å². The summed E-state index contributed by atoms with van der Waals surface area (Å²) >= 11 is 6.35. The van der Waals surface area contributed by atoms with Crippen molar-refractivity contribution in [3.05, 3.63) is 0 Å². The fourth-order valence-electron chi connectivity index (χ4n) is 1.21. The Kier molecular flexibility index (Phi) is 12.2. The van der Waals surface area contributed by atoms with Gasteiger partial charge < -0.3 is 28.4 Å². The molecule has 0 spiro atoms. The Morgan fingerprint density at radius 1 is 0.842 bits per heavy atom. The lowest BCUT2D eigenvalue weighted by atomic mass is 10.6. The van der Waals surface area contributed by atoms with E-state index in [-0.39, 0.29) is 5.73 Å². The Morgan fingerprint density at radius 2 is 1.26 bits per heavy atom. The van der Waals surface area contributed by atoms with Gasteiger partial charge in [-0.2, -0.15) is 0 Å². The Morgan fingerprint density at radius 3 is 1.68 bits per heavy atom. The highest BCUT2D eigenvalue weighted by Gasteiger charge is 2.37. The summed E-state index contributed by atoms with van der Waals surface area (Å²) in [6.45, 7) is 2.49. The zero-order valence-electron chi connectivity index (χ0n) is 12.1. The minimum atomic E-state index is -1.29. The summed E-state index contributed by atoms with van der Waals surface area (Å²) in [6.07, 6.45) is 0. The van der Waals surface area contributed by atoms with Crippen molar-refractivity contribution >= 4 is 21.8 Å². The fourth-order valence-corrected chi connectivity index (χ4v) is 2.00. The van der Waals surface area contributed by atoms with Crippen molar-refractivity contribution in [2.45, 2.75) is 11.0 Å². The molecule has 0 bridgehead atoms. The molecule has 0 fully saturated rings. The number of methoxy groups -OCH3 is 3. The van der Waals surface area contributed by atoms with Crippen LogP contribution in [0.3, 0.4) is 0 Å². The van der Waals surface area contributed by atoms with E-state index in [4.69, 9.17) is 40.0 Å². The van der Waals surface area contributed by atoms with E-state index in [9.17, 15) is 0 Å². The molecule has 0 aromatic rings. The van der Waals surface area contributed by atoms with Crippen LogP contribution >= 0.6 is 11.6 Å². The molecule has 0 radical (unpaired) electrons. The van der Waals surface area contributed by atoms with E-state index in [1.54, 1.807) is 21.3 Å². The van der Waals surface area contributed by atoms with Crippen molar-refractivity contribution in [2.75, 3.05) is 61.0 Å². The van der Waals surface area contributed by atoms with Gasteiger partial charge in [-0.05, 0) is 0 Å². The first-order valence-electron chi connectivity index (χ1n) is 6.16. The molecule has 1 atom stereocenters. The first-order valence-corrected chi connectivity index (χ1v) is 7.69. The van der Waals surface area contributed by atoms with E-state index >= 15 is 0 Å². The van der Waals surface area contributed by atoms with E-state index in [1.807, 2.05) is 0 Å². The highest BCUT2D eigenvalue weighted by molar-refractivity contribution is 6.27. The van der Waals surface area contributed by atoms with Crippen molar-refractivity contribution in [1.82, 2.24) is 0 Å². The van der Waals surface area contributed by atoms with Crippen LogP contribution in [0.1, 0.15) is 0 Å². The molecule has 19 heavy (non-hydrogen) atoms. The van der Waals surface area contributed by atoms with Gasteiger partial charge in [0.2, 0.25) is 0 Å². The van der Waals surface area contributed by atoms with Crippen LogP contribution in [0.5, 0.6) is 0 Å². The second-order valence-electron chi connectivity index (χ2n) is 3.77. The quantitative estimate of drug-likeness (QED) is 0.199. The smallest absolute Gasteiger partial charge is 0.271 e. The van der Waals surface area contributed by atoms with Gasteiger partial charge in [0.1, 0.15) is 5.73 Å². The van der Waals surface area contributed by atoms with Crippen molar-refractivity contribution in [3.63, 3.8) is 0 Å². The standard InChI is InChI=1S/C11H25ClO6Si/c1-13-4-7-16-10(19)11(12,17-8-5-14-2)18-9-6-15-3/h10H,4-9H2,1-3,19H3. The van der Waals surface area contributed by atoms with E-state index in [1.165, 1.54) is 0 Å². The van der Waals surface area contributed by atoms with E-state index < -0.39 is 5.25 Å². The third-order valence-electron chi connectivity index (χ3n) is 2.31. The predicted molar refractivity (Wildman–Crippen MR) is 75.8 cm³/mol. The van der Waals surface area contributed by atoms with Crippen molar-refractivity contribution in [3.8, 4) is 0 Å². The lowest BCUT2D eigenvalue weighted by Crippen LogP contribution is -2.46. The molecule has 0 N–H and O–H groups in total. The maximum atomic E-state index is 6.35. The van der Waals surface area contributed by atoms with Crippen LogP contribution < -0.4 is 0 Å². The predicted octanol–water partition coefficient (Wildman–Crippen LogP) is -0.440. The Hall–Kier alpha value is 0.267. The molecule has 0 saturated carbocycles. The lowest BCUT2D eigenvalue weighted by Gasteiger charge is -2.32. The molecule has 0 aromatic heterocycles. The molecule has 8 heteroatoms. The number of alkyl halides is 1. The average Bonchev–Trinajstić information content (AvgIpc) is 2.39. The molecule has 0 aromatic carbocycles. The maximum Gasteiger partial charge on any atom is 0.271 e. The van der Waals surface area contributed by atoms with Crippen molar-refractivity contribution < 1.29 is 28.4 Å². The number of hydrogen-bond acceptors (Lipinski definition) is 6. The van der Waals surface area contributed by atoms with Gasteiger partial charge >= 0.3 is 0 Å². The number of hydrogen-bond donors (Lipinski definition) is 0. The normalized spacial score (nSPS) is 13.9. The Labute approximate surface area is 123 Å². The SMILES string of the molecule is COCCOC([SiH3])C(Cl)(OCCOC)OCCOC. The highest BCUT2D eigenvalue weighted by Crippen LogP contribution is 2.24. The van der Waals surface area contributed by atoms with Gasteiger partial charge in [-0.15, -0.1) is 0 Å². The molecule has 0 aliphatic carbocycles. The number of halogens is 1. The minimum Gasteiger partial charge on any atom is -0.382 e. The van der Waals surface area contributed by atoms with Crippen molar-refractivity contribution in [2.24, 2.45) is 0 Å². The van der Waals surface area contributed by atoms with E-state index in [0.717, 1.165) is 0 Å². The average molecular weight is 317 g/mol. The highest BCUT2D eigenvalue weighted by atomic mass is 35.5. The monoisotopic (exact) mass is 316 g/mol. The zero-order chi connectivity index (χ0) is 14.6. The summed E-state index contributed by atoms with van der Waals surface area (Å²) in [5.41, 5.74) is -0.321. The molecule has 1 unspecified atom stereocenters. The summed E-state index contributed by atoms with van der Waals surface area (Å²) in [5.74, 6) is 0. The van der Waals surface area contributed by atoms with Crippen LogP contribution in [-0.2, 0) is 28.4 Å². The summed E-state index contributed by atoms with van der Waals surface area (Å²) in [4.78, 5) is 0. The molecule has 116 valence electrons. The van der Waals surface area contributed by atoms with Gasteiger partial charge in [-0.3, -0.25) is 0 Å². The third-order valence-corrected chi connectivity index (χ3v) is 4.30. The number of rotatable bonds is 13. The molecule has 0 saturated heterocycles. The van der Waals surface area contributed by atoms with Gasteiger partial charge in [-0.1, -0.05) is 11.6 Å². The second-order valence-corrected chi connectivity index (χ2v) is 5.35. The summed E-state index contributed by atoms with van der Waals surface area (Å²) < 4.78 is 31.4. The molecule has 0 heterocycles. The van der Waals surface area contributed by atoms with Gasteiger partial charge in [0.15, 0.2) is 0 Å². The van der Waals surface area contributed by atoms with Crippen LogP contribution in [0.4, 0.5) is 0 Å². The molecular formula is C11H25ClO6Si. The van der Waals surface area contributed by atoms with Gasteiger partial charge in [0.05, 0.1) is 39.6 Å². The van der Waals surface area contributed by atoms with Gasteiger partial charge in [-0.25, -0.2) is 0 Å². The summed E-state index contributed by atoms with van der Waals surface area (Å²) in [7, 11) is 5.46. The Balaban J connectivity index is 4.26. The molecule has 6 nitrogen and oxygen atoms in total. The molecule has 0 aliphatic heterocycles. The first-order chi connectivity index (χ1) is 9.10. The fraction of sp³-hybridized carbons (Fsp3) is 1.00. The minimum absolute atomic E-state index is 0.321. The van der Waals surface area contributed by atoms with Crippen molar-refractivity contribution in [1.29, 1.82) is 0 Å². The largest absolute Gasteiger partial charge is 0.382 e. The van der Waals surface area contributed by atoms with Gasteiger partial charge in [0, 0.05) is 31.6 Å². The molecule has 0 amide bonds. The van der Waals surface area contributed by atoms with Crippen LogP contribution in [0, 0.1) is 0 Å². The third kappa shape index (κ3) is 8.93. The topological polar surface area (TPSA) is 55.4 Å². The van der Waals surface area contributed by atoms with Gasteiger partial charge in [0.25, 0.3) is 5.25 Å². The second kappa shape index (κ2) is 12.0. The lowest BCUT2D eigenvalue weighted by molar-refractivity contribution is -0.227. The van der Waals surface area contributed by atoms with E-state index in [2.05, 4.69) is 0 Å². The summed E-state index contributed by atoms with van der Waals surface area (Å²) in [6, 6.07) is 0. The zero-order valence-corrected chi connectivity index (χ0v) is 14.9. The summed E-state index contributed by atoms with van der Waals surface area (Å²) in [5, 5.41) is -1.29. The molecular weight excluding hydrogens is 292 g/mol. The number of ether oxygens (including phenoxy) is 6.